The molecular formula is C21H22O. The Morgan fingerprint density at radius 3 is 2.45 bits per heavy atom. The normalized spacial score (nSPS) is 13.7. The maximum Gasteiger partial charge on any atom is 0.129 e. The smallest absolute Gasteiger partial charge is 0.129 e. The summed E-state index contributed by atoms with van der Waals surface area (Å²) in [5.41, 5.74) is 6.58. The van der Waals surface area contributed by atoms with Crippen LogP contribution in [0.2, 0.25) is 0 Å². The first kappa shape index (κ1) is 14.6. The largest absolute Gasteiger partial charge is 0.496 e. The molecule has 1 aliphatic rings. The van der Waals surface area contributed by atoms with Gasteiger partial charge in [-0.3, -0.25) is 0 Å². The lowest BCUT2D eigenvalue weighted by Gasteiger charge is -2.14. The molecule has 0 radical (unpaired) electrons. The number of hydrogen-bond donors (Lipinski definition) is 0. The molecule has 0 bridgehead atoms. The first-order valence-electron chi connectivity index (χ1n) is 7.85. The number of methoxy groups -OCH3 is 1. The summed E-state index contributed by atoms with van der Waals surface area (Å²) in [6.45, 7) is 2.17. The number of benzene rings is 2. The van der Waals surface area contributed by atoms with Crippen LogP contribution in [-0.4, -0.2) is 7.11 Å². The average molecular weight is 290 g/mol. The van der Waals surface area contributed by atoms with Gasteiger partial charge in [-0.05, 0) is 37.3 Å². The lowest BCUT2D eigenvalue weighted by molar-refractivity contribution is 0.411. The molecule has 22 heavy (non-hydrogen) atoms. The third-order valence-electron chi connectivity index (χ3n) is 4.22. The molecule has 0 aliphatic heterocycles. The van der Waals surface area contributed by atoms with Gasteiger partial charge in [0.05, 0.1) is 7.11 Å². The first-order valence-corrected chi connectivity index (χ1v) is 7.85. The number of para-hydroxylation sites is 1. The van der Waals surface area contributed by atoms with Crippen molar-refractivity contribution in [2.75, 3.05) is 7.11 Å². The van der Waals surface area contributed by atoms with Gasteiger partial charge in [0.1, 0.15) is 5.75 Å². The number of allylic oxidation sites excluding steroid dienone is 4. The molecule has 112 valence electrons. The fourth-order valence-corrected chi connectivity index (χ4v) is 3.07. The van der Waals surface area contributed by atoms with E-state index in [0.717, 1.165) is 25.0 Å². The van der Waals surface area contributed by atoms with Crippen molar-refractivity contribution in [3.63, 3.8) is 0 Å². The number of hydrogen-bond acceptors (Lipinski definition) is 1. The highest BCUT2D eigenvalue weighted by molar-refractivity contribution is 5.72. The van der Waals surface area contributed by atoms with E-state index in [1.807, 2.05) is 6.07 Å². The van der Waals surface area contributed by atoms with Gasteiger partial charge >= 0.3 is 0 Å². The van der Waals surface area contributed by atoms with Crippen molar-refractivity contribution in [3.8, 4) is 16.9 Å². The molecule has 1 heteroatoms. The van der Waals surface area contributed by atoms with Crippen LogP contribution in [-0.2, 0) is 6.42 Å². The van der Waals surface area contributed by atoms with Gasteiger partial charge in [-0.2, -0.15) is 0 Å². The van der Waals surface area contributed by atoms with Crippen molar-refractivity contribution in [2.45, 2.75) is 26.2 Å². The molecule has 3 rings (SSSR count). The Kier molecular flexibility index (Phi) is 4.43. The van der Waals surface area contributed by atoms with Crippen molar-refractivity contribution >= 4 is 0 Å². The lowest BCUT2D eigenvalue weighted by Crippen LogP contribution is -1.96. The topological polar surface area (TPSA) is 9.23 Å². The highest BCUT2D eigenvalue weighted by Crippen LogP contribution is 2.34. The zero-order chi connectivity index (χ0) is 15.4. The van der Waals surface area contributed by atoms with E-state index in [0.29, 0.717) is 0 Å². The highest BCUT2D eigenvalue weighted by atomic mass is 16.5. The molecule has 0 fully saturated rings. The van der Waals surface area contributed by atoms with Crippen LogP contribution in [0.3, 0.4) is 0 Å². The standard InChI is InChI=1S/C21H22O/c1-16-11-12-17(15-16)13-14-19-9-6-10-20(21(19)22-2)18-7-4-3-5-8-18/h3-11,15H,12-14H2,1-2H3. The van der Waals surface area contributed by atoms with E-state index in [2.05, 4.69) is 61.5 Å². The molecule has 1 nitrogen and oxygen atoms in total. The molecule has 0 atom stereocenters. The summed E-state index contributed by atoms with van der Waals surface area (Å²) >= 11 is 0. The van der Waals surface area contributed by atoms with E-state index in [1.54, 1.807) is 7.11 Å². The molecule has 0 amide bonds. The van der Waals surface area contributed by atoms with Crippen molar-refractivity contribution in [3.05, 3.63) is 77.4 Å². The van der Waals surface area contributed by atoms with E-state index in [9.17, 15) is 0 Å². The lowest BCUT2D eigenvalue weighted by atomic mass is 9.97. The summed E-state index contributed by atoms with van der Waals surface area (Å²) < 4.78 is 5.73. The molecule has 0 spiro atoms. The molecule has 0 unspecified atom stereocenters. The fourth-order valence-electron chi connectivity index (χ4n) is 3.07. The van der Waals surface area contributed by atoms with Gasteiger partial charge in [0, 0.05) is 5.56 Å². The second kappa shape index (κ2) is 6.65. The minimum absolute atomic E-state index is 1.01. The van der Waals surface area contributed by atoms with Gasteiger partial charge in [-0.15, -0.1) is 0 Å². The predicted octanol–water partition coefficient (Wildman–Crippen LogP) is 5.57. The Hall–Kier alpha value is -2.28. The van der Waals surface area contributed by atoms with Crippen LogP contribution in [0.25, 0.3) is 11.1 Å². The van der Waals surface area contributed by atoms with Crippen molar-refractivity contribution in [2.24, 2.45) is 0 Å². The Morgan fingerprint density at radius 2 is 1.77 bits per heavy atom. The van der Waals surface area contributed by atoms with Gasteiger partial charge < -0.3 is 4.74 Å². The first-order chi connectivity index (χ1) is 10.8. The number of ether oxygens (including phenoxy) is 1. The van der Waals surface area contributed by atoms with Crippen molar-refractivity contribution in [1.29, 1.82) is 0 Å². The summed E-state index contributed by atoms with van der Waals surface area (Å²) in [4.78, 5) is 0. The van der Waals surface area contributed by atoms with E-state index in [4.69, 9.17) is 4.74 Å². The van der Waals surface area contributed by atoms with Crippen LogP contribution in [0.1, 0.15) is 25.3 Å². The third-order valence-corrected chi connectivity index (χ3v) is 4.22. The Morgan fingerprint density at radius 1 is 0.955 bits per heavy atom. The van der Waals surface area contributed by atoms with Crippen LogP contribution >= 0.6 is 0 Å². The van der Waals surface area contributed by atoms with Gasteiger partial charge in [-0.1, -0.05) is 71.8 Å². The fraction of sp³-hybridized carbons (Fsp3) is 0.238. The molecule has 0 N–H and O–H groups in total. The van der Waals surface area contributed by atoms with Gasteiger partial charge in [0.2, 0.25) is 0 Å². The Bertz CT molecular complexity index is 708. The maximum absolute atomic E-state index is 5.73. The molecular weight excluding hydrogens is 268 g/mol. The van der Waals surface area contributed by atoms with Crippen LogP contribution in [0.5, 0.6) is 5.75 Å². The summed E-state index contributed by atoms with van der Waals surface area (Å²) in [5.74, 6) is 1.01. The summed E-state index contributed by atoms with van der Waals surface area (Å²) in [7, 11) is 1.77. The van der Waals surface area contributed by atoms with E-state index in [1.165, 1.54) is 27.8 Å². The Labute approximate surface area is 133 Å². The zero-order valence-corrected chi connectivity index (χ0v) is 13.3. The third kappa shape index (κ3) is 3.14. The minimum Gasteiger partial charge on any atom is -0.496 e. The minimum atomic E-state index is 1.01. The van der Waals surface area contributed by atoms with Crippen molar-refractivity contribution in [1.82, 2.24) is 0 Å². The van der Waals surface area contributed by atoms with Gasteiger partial charge in [0.25, 0.3) is 0 Å². The summed E-state index contributed by atoms with van der Waals surface area (Å²) in [6, 6.07) is 16.9. The quantitative estimate of drug-likeness (QED) is 0.699. The SMILES string of the molecule is COc1c(CCC2=CC(C)=CC2)cccc1-c1ccccc1. The van der Waals surface area contributed by atoms with Crippen LogP contribution in [0.15, 0.2) is 71.8 Å². The zero-order valence-electron chi connectivity index (χ0n) is 13.3. The highest BCUT2D eigenvalue weighted by Gasteiger charge is 2.12. The molecule has 0 aromatic heterocycles. The summed E-state index contributed by atoms with van der Waals surface area (Å²) in [5, 5.41) is 0. The summed E-state index contributed by atoms with van der Waals surface area (Å²) in [6.07, 6.45) is 7.84. The van der Waals surface area contributed by atoms with Crippen molar-refractivity contribution < 1.29 is 4.74 Å². The van der Waals surface area contributed by atoms with Crippen LogP contribution in [0.4, 0.5) is 0 Å². The monoisotopic (exact) mass is 290 g/mol. The number of aryl methyl sites for hydroxylation is 1. The van der Waals surface area contributed by atoms with Crippen LogP contribution < -0.4 is 4.74 Å². The second-order valence-electron chi connectivity index (χ2n) is 5.82. The molecule has 1 aliphatic carbocycles. The molecule has 2 aromatic rings. The molecule has 0 saturated heterocycles. The number of rotatable bonds is 5. The van der Waals surface area contributed by atoms with Crippen LogP contribution in [0, 0.1) is 0 Å². The predicted molar refractivity (Wildman–Crippen MR) is 93.2 cm³/mol. The van der Waals surface area contributed by atoms with Gasteiger partial charge in [-0.25, -0.2) is 0 Å². The average Bonchev–Trinajstić information content (AvgIpc) is 2.98. The van der Waals surface area contributed by atoms with E-state index in [-0.39, 0.29) is 0 Å². The molecule has 0 heterocycles. The van der Waals surface area contributed by atoms with E-state index >= 15 is 0 Å². The van der Waals surface area contributed by atoms with Gasteiger partial charge in [0.15, 0.2) is 0 Å². The molecule has 0 saturated carbocycles. The maximum atomic E-state index is 5.73. The second-order valence-corrected chi connectivity index (χ2v) is 5.82. The Balaban J connectivity index is 1.84. The van der Waals surface area contributed by atoms with E-state index < -0.39 is 0 Å². The molecule has 2 aromatic carbocycles.